The van der Waals surface area contributed by atoms with Gasteiger partial charge >= 0.3 is 0 Å². The summed E-state index contributed by atoms with van der Waals surface area (Å²) >= 11 is 0. The van der Waals surface area contributed by atoms with E-state index in [1.165, 1.54) is 4.68 Å². The molecule has 0 bridgehead atoms. The third kappa shape index (κ3) is 3.94. The van der Waals surface area contributed by atoms with Crippen LogP contribution in [0.2, 0.25) is 0 Å². The van der Waals surface area contributed by atoms with Gasteiger partial charge < -0.3 is 15.1 Å². The lowest BCUT2D eigenvalue weighted by Crippen LogP contribution is -2.47. The van der Waals surface area contributed by atoms with E-state index < -0.39 is 12.5 Å². The molecule has 4 rings (SSSR count). The minimum atomic E-state index is -2.47. The van der Waals surface area contributed by atoms with Gasteiger partial charge in [-0.3, -0.25) is 9.59 Å². The summed E-state index contributed by atoms with van der Waals surface area (Å²) in [6.07, 6.45) is 1.34. The van der Waals surface area contributed by atoms with E-state index in [9.17, 15) is 18.4 Å². The number of hydrogen-bond acceptors (Lipinski definition) is 4. The lowest BCUT2D eigenvalue weighted by atomic mass is 9.84. The molecular formula is C21H29F2N5O2. The van der Waals surface area contributed by atoms with Gasteiger partial charge in [0.05, 0.1) is 11.6 Å². The van der Waals surface area contributed by atoms with Gasteiger partial charge in [0.1, 0.15) is 11.9 Å². The van der Waals surface area contributed by atoms with Crippen molar-refractivity contribution in [2.24, 2.45) is 11.8 Å². The van der Waals surface area contributed by atoms with Crippen LogP contribution in [0.25, 0.3) is 0 Å². The summed E-state index contributed by atoms with van der Waals surface area (Å²) in [6.45, 7) is 7.59. The fourth-order valence-electron chi connectivity index (χ4n) is 5.06. The molecule has 30 heavy (non-hydrogen) atoms. The van der Waals surface area contributed by atoms with Crippen molar-refractivity contribution in [3.05, 3.63) is 24.4 Å². The highest BCUT2D eigenvalue weighted by molar-refractivity contribution is 5.89. The summed E-state index contributed by atoms with van der Waals surface area (Å²) in [5, 5.41) is 7.62. The van der Waals surface area contributed by atoms with Gasteiger partial charge in [0, 0.05) is 44.7 Å². The summed E-state index contributed by atoms with van der Waals surface area (Å²) in [6, 6.07) is 0.840. The Hall–Kier alpha value is -2.45. The van der Waals surface area contributed by atoms with Crippen LogP contribution in [-0.2, 0) is 9.59 Å². The van der Waals surface area contributed by atoms with Crippen LogP contribution in [0.15, 0.2) is 18.7 Å². The summed E-state index contributed by atoms with van der Waals surface area (Å²) in [5.74, 6) is 0.618. The van der Waals surface area contributed by atoms with Crippen LogP contribution in [0, 0.1) is 18.8 Å². The van der Waals surface area contributed by atoms with Gasteiger partial charge in [-0.1, -0.05) is 6.08 Å². The lowest BCUT2D eigenvalue weighted by molar-refractivity contribution is -0.137. The first-order valence-corrected chi connectivity index (χ1v) is 10.7. The van der Waals surface area contributed by atoms with Crippen molar-refractivity contribution in [1.82, 2.24) is 19.6 Å². The number of anilines is 1. The second-order valence-electron chi connectivity index (χ2n) is 8.66. The van der Waals surface area contributed by atoms with Crippen LogP contribution in [-0.4, -0.2) is 70.0 Å². The van der Waals surface area contributed by atoms with Crippen molar-refractivity contribution in [3.8, 4) is 0 Å². The minimum absolute atomic E-state index is 0.000475. The van der Waals surface area contributed by atoms with E-state index in [0.29, 0.717) is 38.4 Å². The van der Waals surface area contributed by atoms with Gasteiger partial charge in [0.2, 0.25) is 11.8 Å². The van der Waals surface area contributed by atoms with E-state index in [1.807, 2.05) is 11.0 Å². The second-order valence-corrected chi connectivity index (χ2v) is 8.66. The molecule has 2 saturated heterocycles. The number of likely N-dealkylation sites (tertiary alicyclic amines) is 2. The Labute approximate surface area is 175 Å². The maximum absolute atomic E-state index is 13.6. The number of fused-ring (bicyclic) bond motifs is 1. The van der Waals surface area contributed by atoms with Crippen molar-refractivity contribution in [2.45, 2.75) is 51.1 Å². The number of halogens is 2. The summed E-state index contributed by atoms with van der Waals surface area (Å²) < 4.78 is 28.7. The van der Waals surface area contributed by atoms with Crippen LogP contribution in [0.5, 0.6) is 0 Å². The Bertz CT molecular complexity index is 818. The molecule has 4 heterocycles. The first-order valence-electron chi connectivity index (χ1n) is 10.7. The maximum Gasteiger partial charge on any atom is 0.260 e. The van der Waals surface area contributed by atoms with Gasteiger partial charge in [0.15, 0.2) is 0 Å². The predicted octanol–water partition coefficient (Wildman–Crippen LogP) is 2.46. The molecule has 7 nitrogen and oxygen atoms in total. The summed E-state index contributed by atoms with van der Waals surface area (Å²) in [4.78, 5) is 28.4. The molecule has 3 aliphatic rings. The molecule has 0 radical (unpaired) electrons. The largest absolute Gasteiger partial charge is 0.367 e. The van der Waals surface area contributed by atoms with Crippen LogP contribution < -0.4 is 5.32 Å². The Kier molecular flexibility index (Phi) is 5.79. The van der Waals surface area contributed by atoms with Crippen molar-refractivity contribution < 1.29 is 18.4 Å². The number of alkyl halides is 2. The van der Waals surface area contributed by atoms with E-state index in [2.05, 4.69) is 17.0 Å². The average Bonchev–Trinajstić information content (AvgIpc) is 3.28. The van der Waals surface area contributed by atoms with Gasteiger partial charge in [-0.05, 0) is 32.1 Å². The quantitative estimate of drug-likeness (QED) is 0.742. The molecule has 1 aromatic heterocycles. The number of hydrogen-bond donors (Lipinski definition) is 1. The lowest BCUT2D eigenvalue weighted by Gasteiger charge is -2.41. The summed E-state index contributed by atoms with van der Waals surface area (Å²) in [5.41, 5.74) is 0.723. The van der Waals surface area contributed by atoms with Gasteiger partial charge in [-0.2, -0.15) is 5.10 Å². The molecule has 3 aliphatic heterocycles. The Morgan fingerprint density at radius 1 is 1.40 bits per heavy atom. The van der Waals surface area contributed by atoms with Crippen molar-refractivity contribution >= 4 is 17.6 Å². The van der Waals surface area contributed by atoms with E-state index in [-0.39, 0.29) is 36.1 Å². The molecule has 3 atom stereocenters. The zero-order chi connectivity index (χ0) is 21.4. The number of aryl methyl sites for hydroxylation is 1. The number of carbonyl (C=O) groups is 2. The van der Waals surface area contributed by atoms with Crippen LogP contribution in [0.1, 0.15) is 37.4 Å². The van der Waals surface area contributed by atoms with Crippen LogP contribution >= 0.6 is 0 Å². The smallest absolute Gasteiger partial charge is 0.260 e. The molecule has 2 fully saturated rings. The molecule has 0 aromatic carbocycles. The van der Waals surface area contributed by atoms with E-state index >= 15 is 0 Å². The molecule has 2 amide bonds. The number of nitrogens with one attached hydrogen (secondary N) is 1. The zero-order valence-corrected chi connectivity index (χ0v) is 17.3. The molecule has 164 valence electrons. The molecule has 0 unspecified atom stereocenters. The monoisotopic (exact) mass is 421 g/mol. The van der Waals surface area contributed by atoms with Gasteiger partial charge in [-0.25, -0.2) is 13.5 Å². The number of nitrogens with zero attached hydrogens (tertiary/aromatic N) is 4. The molecule has 9 heteroatoms. The molecular weight excluding hydrogens is 392 g/mol. The highest BCUT2D eigenvalue weighted by atomic mass is 19.3. The first kappa shape index (κ1) is 20.8. The predicted molar refractivity (Wildman–Crippen MR) is 108 cm³/mol. The Balaban J connectivity index is 1.35. The molecule has 0 aliphatic carbocycles. The Morgan fingerprint density at radius 3 is 2.80 bits per heavy atom. The first-order chi connectivity index (χ1) is 14.4. The topological polar surface area (TPSA) is 70.5 Å². The highest BCUT2D eigenvalue weighted by Crippen LogP contribution is 2.37. The van der Waals surface area contributed by atoms with Gasteiger partial charge in [-0.15, -0.1) is 6.58 Å². The van der Waals surface area contributed by atoms with Crippen molar-refractivity contribution in [3.63, 3.8) is 0 Å². The number of carbonyl (C=O) groups excluding carboxylic acids is 2. The van der Waals surface area contributed by atoms with Crippen molar-refractivity contribution in [2.75, 3.05) is 31.5 Å². The SMILES string of the molecule is C=CCN1C[C@H](C(=O)N2CCC([C@@H]3C[C@H](C(F)F)n4nc(C)cc4N3)CC2)CC1=O. The van der Waals surface area contributed by atoms with E-state index in [1.54, 1.807) is 17.9 Å². The minimum Gasteiger partial charge on any atom is -0.367 e. The van der Waals surface area contributed by atoms with Gasteiger partial charge in [0.25, 0.3) is 6.43 Å². The second kappa shape index (κ2) is 8.35. The molecule has 0 spiro atoms. The van der Waals surface area contributed by atoms with Crippen LogP contribution in [0.4, 0.5) is 14.6 Å². The maximum atomic E-state index is 13.6. The van der Waals surface area contributed by atoms with E-state index in [4.69, 9.17) is 0 Å². The number of aromatic nitrogens is 2. The number of piperidine rings is 1. The molecule has 0 saturated carbocycles. The molecule has 1 aromatic rings. The van der Waals surface area contributed by atoms with Crippen molar-refractivity contribution in [1.29, 1.82) is 0 Å². The van der Waals surface area contributed by atoms with Crippen LogP contribution in [0.3, 0.4) is 0 Å². The molecule has 1 N–H and O–H groups in total. The zero-order valence-electron chi connectivity index (χ0n) is 17.3. The average molecular weight is 421 g/mol. The third-order valence-electron chi connectivity index (χ3n) is 6.63. The van der Waals surface area contributed by atoms with E-state index in [0.717, 1.165) is 18.5 Å². The number of amides is 2. The number of rotatable bonds is 5. The standard InChI is InChI=1S/C21H29F2N5O2/c1-3-6-27-12-15(10-19(27)29)21(30)26-7-4-14(5-8-26)16-11-17(20(22)23)28-18(24-16)9-13(2)25-28/h3,9,14-17,20,24H,1,4-8,10-12H2,2H3/t15-,16+,17-/m1/s1. The third-order valence-corrected chi connectivity index (χ3v) is 6.63. The highest BCUT2D eigenvalue weighted by Gasteiger charge is 2.40. The summed E-state index contributed by atoms with van der Waals surface area (Å²) in [7, 11) is 0. The fraction of sp³-hybridized carbons (Fsp3) is 0.667. The fourth-order valence-corrected chi connectivity index (χ4v) is 5.06. The normalized spacial score (nSPS) is 27.3. The Morgan fingerprint density at radius 2 is 2.13 bits per heavy atom.